The van der Waals surface area contributed by atoms with Crippen molar-refractivity contribution in [2.45, 2.75) is 0 Å². The lowest BCUT2D eigenvalue weighted by molar-refractivity contribution is 0.102. The van der Waals surface area contributed by atoms with Gasteiger partial charge in [-0.1, -0.05) is 18.2 Å². The summed E-state index contributed by atoms with van der Waals surface area (Å²) in [7, 11) is 0. The number of aromatic nitrogens is 2. The number of nitrogens with one attached hydrogen (secondary N) is 2. The van der Waals surface area contributed by atoms with Crippen LogP contribution in [0.2, 0.25) is 0 Å². The van der Waals surface area contributed by atoms with E-state index in [0.717, 1.165) is 0 Å². The molecular weight excluding hydrogens is 321 g/mol. The van der Waals surface area contributed by atoms with Crippen molar-refractivity contribution in [2.75, 3.05) is 10.6 Å². The van der Waals surface area contributed by atoms with Crippen molar-refractivity contribution in [1.82, 2.24) is 10.2 Å². The number of nitrogens with zero attached hydrogens (tertiary/aromatic N) is 3. The predicted molar refractivity (Wildman–Crippen MR) is 90.8 cm³/mol. The van der Waals surface area contributed by atoms with E-state index >= 15 is 0 Å². The average Bonchev–Trinajstić information content (AvgIpc) is 2.64. The van der Waals surface area contributed by atoms with Gasteiger partial charge in [-0.25, -0.2) is 4.39 Å². The molecule has 1 heterocycles. The number of carbonyl (C=O) groups excluding carboxylic acids is 1. The fourth-order valence-corrected chi connectivity index (χ4v) is 2.11. The van der Waals surface area contributed by atoms with Gasteiger partial charge in [0.1, 0.15) is 5.82 Å². The molecule has 2 N–H and O–H groups in total. The molecule has 1 amide bonds. The van der Waals surface area contributed by atoms with Crippen molar-refractivity contribution in [3.8, 4) is 6.07 Å². The standard InChI is InChI=1S/C18H12FN5O/c19-15-7-2-1-6-14(15)18(25)22-17-9-8-16(23-24-17)21-13-5-3-4-12(10-13)11-20/h1-10H,(H,21,23)(H,22,24,25). The number of nitriles is 1. The second-order valence-corrected chi connectivity index (χ2v) is 5.06. The van der Waals surface area contributed by atoms with E-state index in [-0.39, 0.29) is 11.4 Å². The molecule has 0 atom stereocenters. The molecule has 0 saturated heterocycles. The second-order valence-electron chi connectivity index (χ2n) is 5.06. The Morgan fingerprint density at radius 3 is 2.48 bits per heavy atom. The molecule has 0 radical (unpaired) electrons. The van der Waals surface area contributed by atoms with E-state index in [4.69, 9.17) is 5.26 Å². The summed E-state index contributed by atoms with van der Waals surface area (Å²) in [6.07, 6.45) is 0. The molecule has 2 aromatic carbocycles. The first-order valence-corrected chi connectivity index (χ1v) is 7.32. The molecule has 0 unspecified atom stereocenters. The maximum Gasteiger partial charge on any atom is 0.259 e. The molecule has 0 bridgehead atoms. The molecule has 25 heavy (non-hydrogen) atoms. The van der Waals surface area contributed by atoms with Crippen molar-refractivity contribution in [3.63, 3.8) is 0 Å². The maximum absolute atomic E-state index is 13.6. The molecule has 0 aliphatic carbocycles. The van der Waals surface area contributed by atoms with Crippen LogP contribution in [-0.4, -0.2) is 16.1 Å². The normalized spacial score (nSPS) is 9.92. The number of hydrogen-bond acceptors (Lipinski definition) is 5. The first kappa shape index (κ1) is 16.1. The molecule has 3 aromatic rings. The van der Waals surface area contributed by atoms with Crippen molar-refractivity contribution >= 4 is 23.2 Å². The van der Waals surface area contributed by atoms with E-state index in [9.17, 15) is 9.18 Å². The molecule has 1 aromatic heterocycles. The molecule has 3 rings (SSSR count). The van der Waals surface area contributed by atoms with E-state index < -0.39 is 11.7 Å². The van der Waals surface area contributed by atoms with Gasteiger partial charge in [-0.2, -0.15) is 5.26 Å². The van der Waals surface area contributed by atoms with Crippen LogP contribution in [0.15, 0.2) is 60.7 Å². The summed E-state index contributed by atoms with van der Waals surface area (Å²) in [5.74, 6) is -0.568. The third kappa shape index (κ3) is 3.95. The van der Waals surface area contributed by atoms with Gasteiger partial charge in [0.2, 0.25) is 0 Å². The molecule has 0 saturated carbocycles. The van der Waals surface area contributed by atoms with Gasteiger partial charge in [0.15, 0.2) is 11.6 Å². The summed E-state index contributed by atoms with van der Waals surface area (Å²) in [5.41, 5.74) is 1.14. The molecule has 6 nitrogen and oxygen atoms in total. The summed E-state index contributed by atoms with van der Waals surface area (Å²) < 4.78 is 13.6. The molecule has 0 fully saturated rings. The molecule has 0 aliphatic rings. The van der Waals surface area contributed by atoms with E-state index in [2.05, 4.69) is 20.8 Å². The summed E-state index contributed by atoms with van der Waals surface area (Å²) >= 11 is 0. The average molecular weight is 333 g/mol. The number of amides is 1. The fourth-order valence-electron chi connectivity index (χ4n) is 2.11. The lowest BCUT2D eigenvalue weighted by atomic mass is 10.2. The Labute approximate surface area is 143 Å². The molecule has 0 spiro atoms. The van der Waals surface area contributed by atoms with Gasteiger partial charge in [0.05, 0.1) is 17.2 Å². The summed E-state index contributed by atoms with van der Waals surface area (Å²) in [6, 6.07) is 17.8. The fraction of sp³-hybridized carbons (Fsp3) is 0. The highest BCUT2D eigenvalue weighted by molar-refractivity contribution is 6.03. The number of halogens is 1. The van der Waals surface area contributed by atoms with Gasteiger partial charge in [0, 0.05) is 5.69 Å². The Morgan fingerprint density at radius 2 is 1.76 bits per heavy atom. The third-order valence-electron chi connectivity index (χ3n) is 3.29. The molecule has 122 valence electrons. The van der Waals surface area contributed by atoms with Crippen LogP contribution < -0.4 is 10.6 Å². The predicted octanol–water partition coefficient (Wildman–Crippen LogP) is 3.48. The number of anilines is 3. The highest BCUT2D eigenvalue weighted by Crippen LogP contribution is 2.16. The van der Waals surface area contributed by atoms with Gasteiger partial charge in [-0.3, -0.25) is 4.79 Å². The second kappa shape index (κ2) is 7.19. The first-order chi connectivity index (χ1) is 12.2. The zero-order chi connectivity index (χ0) is 17.6. The Bertz CT molecular complexity index is 950. The maximum atomic E-state index is 13.6. The summed E-state index contributed by atoms with van der Waals surface area (Å²) in [5, 5.41) is 22.2. The van der Waals surface area contributed by atoms with Crippen LogP contribution in [0.4, 0.5) is 21.7 Å². The van der Waals surface area contributed by atoms with Crippen molar-refractivity contribution < 1.29 is 9.18 Å². The Balaban J connectivity index is 1.69. The molecular formula is C18H12FN5O. The SMILES string of the molecule is N#Cc1cccc(Nc2ccc(NC(=O)c3ccccc3F)nn2)c1. The number of rotatable bonds is 4. The number of carbonyl (C=O) groups is 1. The zero-order valence-electron chi connectivity index (χ0n) is 12.9. The minimum Gasteiger partial charge on any atom is -0.339 e. The Morgan fingerprint density at radius 1 is 1.00 bits per heavy atom. The monoisotopic (exact) mass is 333 g/mol. The lowest BCUT2D eigenvalue weighted by Crippen LogP contribution is -2.15. The highest BCUT2D eigenvalue weighted by atomic mass is 19.1. The number of benzene rings is 2. The van der Waals surface area contributed by atoms with Crippen LogP contribution in [0.5, 0.6) is 0 Å². The van der Waals surface area contributed by atoms with E-state index in [0.29, 0.717) is 17.1 Å². The highest BCUT2D eigenvalue weighted by Gasteiger charge is 2.11. The Hall–Kier alpha value is -3.79. The minimum absolute atomic E-state index is 0.0696. The smallest absolute Gasteiger partial charge is 0.259 e. The van der Waals surface area contributed by atoms with E-state index in [1.165, 1.54) is 18.2 Å². The van der Waals surface area contributed by atoms with Crippen molar-refractivity contribution in [3.05, 3.63) is 77.6 Å². The van der Waals surface area contributed by atoms with Crippen LogP contribution >= 0.6 is 0 Å². The van der Waals surface area contributed by atoms with Gasteiger partial charge >= 0.3 is 0 Å². The summed E-state index contributed by atoms with van der Waals surface area (Å²) in [4.78, 5) is 12.0. The van der Waals surface area contributed by atoms with Crippen LogP contribution in [-0.2, 0) is 0 Å². The van der Waals surface area contributed by atoms with E-state index in [1.807, 2.05) is 6.07 Å². The van der Waals surface area contributed by atoms with Gasteiger partial charge in [-0.05, 0) is 42.5 Å². The lowest BCUT2D eigenvalue weighted by Gasteiger charge is -2.07. The largest absolute Gasteiger partial charge is 0.339 e. The van der Waals surface area contributed by atoms with Crippen molar-refractivity contribution in [2.24, 2.45) is 0 Å². The van der Waals surface area contributed by atoms with Crippen LogP contribution in [0.25, 0.3) is 0 Å². The topological polar surface area (TPSA) is 90.7 Å². The Kier molecular flexibility index (Phi) is 4.62. The van der Waals surface area contributed by atoms with Crippen LogP contribution in [0.3, 0.4) is 0 Å². The third-order valence-corrected chi connectivity index (χ3v) is 3.29. The van der Waals surface area contributed by atoms with Gasteiger partial charge in [0.25, 0.3) is 5.91 Å². The van der Waals surface area contributed by atoms with Gasteiger partial charge < -0.3 is 10.6 Å². The van der Waals surface area contributed by atoms with Gasteiger partial charge in [-0.15, -0.1) is 10.2 Å². The van der Waals surface area contributed by atoms with Crippen LogP contribution in [0, 0.1) is 17.1 Å². The molecule has 0 aliphatic heterocycles. The van der Waals surface area contributed by atoms with E-state index in [1.54, 1.807) is 42.5 Å². The molecule has 7 heteroatoms. The van der Waals surface area contributed by atoms with Crippen molar-refractivity contribution in [1.29, 1.82) is 5.26 Å². The minimum atomic E-state index is -0.608. The zero-order valence-corrected chi connectivity index (χ0v) is 12.9. The quantitative estimate of drug-likeness (QED) is 0.763. The first-order valence-electron chi connectivity index (χ1n) is 7.32. The van der Waals surface area contributed by atoms with Crippen LogP contribution in [0.1, 0.15) is 15.9 Å². The number of hydrogen-bond donors (Lipinski definition) is 2. The summed E-state index contributed by atoms with van der Waals surface area (Å²) in [6.45, 7) is 0.